The summed E-state index contributed by atoms with van der Waals surface area (Å²) < 4.78 is 30.5. The summed E-state index contributed by atoms with van der Waals surface area (Å²) >= 11 is 0. The van der Waals surface area contributed by atoms with Gasteiger partial charge in [0.15, 0.2) is 11.6 Å². The lowest BCUT2D eigenvalue weighted by atomic mass is 9.99. The number of cyclic esters (lactones) is 1. The van der Waals surface area contributed by atoms with Gasteiger partial charge in [-0.1, -0.05) is 39.0 Å². The maximum absolute atomic E-state index is 14.1. The van der Waals surface area contributed by atoms with Crippen LogP contribution in [-0.2, 0) is 28.6 Å². The Bertz CT molecular complexity index is 1440. The highest BCUT2D eigenvalue weighted by atomic mass is 28.4. The standard InChI is InChI=1S/C36H55NO11Si/c1-22-16-17-27(40)31-28(45-36(9,10)46-31)15-13-14-24-18-25(37(43-21-26(39)20-38)33(42)47-34(3,4)5)19-29(30(24)32(41)44-23(22)2)48-49(11,12)35(6,7)8/h13-14,16,18-19,23,26,28,31,38-39H,15,17,20-21H2,1-12H3/t23-,26?,28-,31+/m0/s1. The molecule has 4 atom stereocenters. The van der Waals surface area contributed by atoms with E-state index in [1.807, 2.05) is 13.1 Å². The van der Waals surface area contributed by atoms with E-state index in [1.165, 1.54) is 6.07 Å². The fraction of sp³-hybridized carbons (Fsp3) is 0.639. The number of hydroxylamine groups is 1. The summed E-state index contributed by atoms with van der Waals surface area (Å²) in [6, 6.07) is 3.07. The molecule has 1 saturated heterocycles. The lowest BCUT2D eigenvalue weighted by molar-refractivity contribution is -0.154. The Morgan fingerprint density at radius 1 is 1.12 bits per heavy atom. The number of rotatable bonds is 7. The second-order valence-electron chi connectivity index (χ2n) is 15.6. The number of carbonyl (C=O) groups excluding carboxylic acids is 3. The molecule has 0 aromatic heterocycles. The van der Waals surface area contributed by atoms with Crippen molar-refractivity contribution >= 4 is 37.9 Å². The van der Waals surface area contributed by atoms with Crippen LogP contribution in [0.2, 0.25) is 18.1 Å². The fourth-order valence-corrected chi connectivity index (χ4v) is 5.83. The minimum atomic E-state index is -2.62. The molecule has 0 saturated carbocycles. The van der Waals surface area contributed by atoms with Crippen LogP contribution in [0.4, 0.5) is 10.5 Å². The minimum Gasteiger partial charge on any atom is -0.543 e. The molecular weight excluding hydrogens is 650 g/mol. The Hall–Kier alpha value is -3.07. The summed E-state index contributed by atoms with van der Waals surface area (Å²) in [6.45, 7) is 21.3. The van der Waals surface area contributed by atoms with Crippen LogP contribution >= 0.6 is 0 Å². The zero-order chi connectivity index (χ0) is 37.1. The number of ketones is 1. The molecule has 2 aliphatic rings. The van der Waals surface area contributed by atoms with Gasteiger partial charge >= 0.3 is 12.1 Å². The molecule has 13 heteroatoms. The van der Waals surface area contributed by atoms with Crippen molar-refractivity contribution in [2.45, 2.75) is 136 Å². The monoisotopic (exact) mass is 705 g/mol. The molecule has 1 fully saturated rings. The number of ether oxygens (including phenoxy) is 4. The number of nitrogens with zero attached hydrogens (tertiary/aromatic N) is 1. The van der Waals surface area contributed by atoms with Crippen LogP contribution in [0.25, 0.3) is 6.08 Å². The fourth-order valence-electron chi connectivity index (χ4n) is 4.81. The van der Waals surface area contributed by atoms with Crippen molar-refractivity contribution in [3.63, 3.8) is 0 Å². The van der Waals surface area contributed by atoms with Gasteiger partial charge < -0.3 is 33.6 Å². The third kappa shape index (κ3) is 10.7. The maximum Gasteiger partial charge on any atom is 0.439 e. The number of aliphatic hydroxyl groups excluding tert-OH is 2. The average Bonchev–Trinajstić information content (AvgIpc) is 3.27. The normalized spacial score (nSPS) is 22.7. The molecule has 1 aromatic carbocycles. The van der Waals surface area contributed by atoms with E-state index in [1.54, 1.807) is 72.8 Å². The number of esters is 1. The summed E-state index contributed by atoms with van der Waals surface area (Å²) in [6.07, 6.45) is 1.29. The highest BCUT2D eigenvalue weighted by molar-refractivity contribution is 6.74. The Morgan fingerprint density at radius 3 is 2.37 bits per heavy atom. The van der Waals surface area contributed by atoms with Crippen LogP contribution in [0.3, 0.4) is 0 Å². The molecule has 0 bridgehead atoms. The van der Waals surface area contributed by atoms with E-state index in [9.17, 15) is 24.6 Å². The lowest BCUT2D eigenvalue weighted by Gasteiger charge is -2.37. The molecule has 49 heavy (non-hydrogen) atoms. The third-order valence-corrected chi connectivity index (χ3v) is 13.0. The van der Waals surface area contributed by atoms with E-state index in [2.05, 4.69) is 20.8 Å². The van der Waals surface area contributed by atoms with E-state index < -0.39 is 69.4 Å². The number of Topliss-reactive ketones (excluding diaryl/α,β-unsaturated/α-hetero) is 1. The molecule has 274 valence electrons. The molecule has 1 aromatic rings. The molecule has 1 unspecified atom stereocenters. The van der Waals surface area contributed by atoms with Crippen molar-refractivity contribution in [1.29, 1.82) is 0 Å². The summed E-state index contributed by atoms with van der Waals surface area (Å²) in [5, 5.41) is 20.1. The Labute approximate surface area is 291 Å². The van der Waals surface area contributed by atoms with Gasteiger partial charge in [0.2, 0.25) is 0 Å². The van der Waals surface area contributed by atoms with Crippen molar-refractivity contribution < 1.29 is 52.8 Å². The molecule has 12 nitrogen and oxygen atoms in total. The largest absolute Gasteiger partial charge is 0.543 e. The first-order valence-corrected chi connectivity index (χ1v) is 19.6. The van der Waals surface area contributed by atoms with E-state index in [4.69, 9.17) is 28.2 Å². The first kappa shape index (κ1) is 40.4. The molecule has 2 N–H and O–H groups in total. The van der Waals surface area contributed by atoms with E-state index in [0.29, 0.717) is 11.1 Å². The van der Waals surface area contributed by atoms with Gasteiger partial charge in [-0.25, -0.2) is 9.59 Å². The zero-order valence-electron chi connectivity index (χ0n) is 31.0. The maximum atomic E-state index is 14.1. The van der Waals surface area contributed by atoms with Gasteiger partial charge in [0.1, 0.15) is 41.8 Å². The molecule has 2 heterocycles. The van der Waals surface area contributed by atoms with Crippen molar-refractivity contribution in [2.75, 3.05) is 18.3 Å². The van der Waals surface area contributed by atoms with Gasteiger partial charge in [-0.05, 0) is 90.2 Å². The van der Waals surface area contributed by atoms with Crippen molar-refractivity contribution in [1.82, 2.24) is 0 Å². The number of allylic oxidation sites excluding steroid dienone is 1. The van der Waals surface area contributed by atoms with Crippen LogP contribution < -0.4 is 9.49 Å². The second-order valence-corrected chi connectivity index (χ2v) is 20.3. The number of hydrogen-bond donors (Lipinski definition) is 2. The number of carbonyl (C=O) groups is 3. The topological polar surface area (TPSA) is 150 Å². The Kier molecular flexibility index (Phi) is 12.7. The van der Waals surface area contributed by atoms with E-state index in [-0.39, 0.29) is 40.7 Å². The predicted octanol–water partition coefficient (Wildman–Crippen LogP) is 6.48. The first-order chi connectivity index (χ1) is 22.4. The summed E-state index contributed by atoms with van der Waals surface area (Å²) in [5.41, 5.74) is 0.393. The smallest absolute Gasteiger partial charge is 0.439 e. The molecule has 3 rings (SSSR count). The van der Waals surface area contributed by atoms with Gasteiger partial charge in [-0.3, -0.25) is 9.63 Å². The number of hydrogen-bond acceptors (Lipinski definition) is 11. The highest BCUT2D eigenvalue weighted by Gasteiger charge is 2.44. The number of benzene rings is 1. The second kappa shape index (κ2) is 15.4. The summed E-state index contributed by atoms with van der Waals surface area (Å²) in [5.74, 6) is -1.62. The lowest BCUT2D eigenvalue weighted by Crippen LogP contribution is -2.44. The van der Waals surface area contributed by atoms with Crippen LogP contribution in [0.15, 0.2) is 29.9 Å². The molecule has 2 aliphatic heterocycles. The first-order valence-electron chi connectivity index (χ1n) is 16.7. The molecule has 0 spiro atoms. The van der Waals surface area contributed by atoms with Gasteiger partial charge in [0.05, 0.1) is 18.4 Å². The highest BCUT2D eigenvalue weighted by Crippen LogP contribution is 2.41. The zero-order valence-corrected chi connectivity index (χ0v) is 32.0. The number of anilines is 1. The van der Waals surface area contributed by atoms with Crippen molar-refractivity contribution in [3.05, 3.63) is 41.0 Å². The van der Waals surface area contributed by atoms with Crippen LogP contribution in [-0.4, -0.2) is 85.4 Å². The van der Waals surface area contributed by atoms with Crippen LogP contribution in [0.5, 0.6) is 5.75 Å². The predicted molar refractivity (Wildman–Crippen MR) is 188 cm³/mol. The van der Waals surface area contributed by atoms with Gasteiger partial charge in [0.25, 0.3) is 8.32 Å². The van der Waals surface area contributed by atoms with Crippen molar-refractivity contribution in [3.8, 4) is 5.75 Å². The number of amides is 1. The quantitative estimate of drug-likeness (QED) is 0.139. The van der Waals surface area contributed by atoms with Crippen LogP contribution in [0, 0.1) is 0 Å². The van der Waals surface area contributed by atoms with Crippen LogP contribution in [0.1, 0.15) is 98.0 Å². The number of aliphatic hydroxyl groups is 2. The van der Waals surface area contributed by atoms with E-state index >= 15 is 0 Å². The molecule has 1 amide bonds. The third-order valence-electron chi connectivity index (χ3n) is 8.61. The average molecular weight is 706 g/mol. The van der Waals surface area contributed by atoms with Gasteiger partial charge in [-0.15, -0.1) is 0 Å². The van der Waals surface area contributed by atoms with Gasteiger partial charge in [0, 0.05) is 12.5 Å². The van der Waals surface area contributed by atoms with Crippen molar-refractivity contribution in [2.24, 2.45) is 0 Å². The Morgan fingerprint density at radius 2 is 1.78 bits per heavy atom. The summed E-state index contributed by atoms with van der Waals surface area (Å²) in [4.78, 5) is 46.6. The number of fused-ring (bicyclic) bond motifs is 2. The SMILES string of the molecule is CC1=CCC(=O)[C@H]2OC(C)(C)O[C@H]2CC=Cc2cc(N(OCC(O)CO)C(=O)OC(C)(C)C)cc(O[Si](C)(C)C(C)(C)C)c2C(=O)O[C@H]1C. The van der Waals surface area contributed by atoms with E-state index in [0.717, 1.165) is 5.06 Å². The molecule has 0 radical (unpaired) electrons. The Balaban J connectivity index is 2.31. The van der Waals surface area contributed by atoms with Gasteiger partial charge in [-0.2, -0.15) is 5.06 Å². The minimum absolute atomic E-state index is 0.0865. The molecular formula is C36H55NO11Si. The molecule has 0 aliphatic carbocycles. The summed E-state index contributed by atoms with van der Waals surface area (Å²) in [7, 11) is -2.62.